The summed E-state index contributed by atoms with van der Waals surface area (Å²) in [5.41, 5.74) is 0.548. The number of halogens is 3. The molecule has 1 atom stereocenters. The summed E-state index contributed by atoms with van der Waals surface area (Å²) in [6.07, 6.45) is -0.227. The normalized spacial score (nSPS) is 12.4. The average molecular weight is 484 g/mol. The molecular weight excluding hydrogens is 459 g/mol. The van der Waals surface area contributed by atoms with Crippen molar-refractivity contribution in [3.8, 4) is 0 Å². The summed E-state index contributed by atoms with van der Waals surface area (Å²) in [7, 11) is 0. The third-order valence-corrected chi connectivity index (χ3v) is 5.20. The second-order valence-corrected chi connectivity index (χ2v) is 9.26. The minimum atomic E-state index is -0.740. The number of nitrogens with one attached hydrogen (secondary N) is 1. The molecule has 0 heterocycles. The SMILES string of the molecule is C[C@H](C(=O)NC(C)(C)C)N(Cc1ccc(Br)cc1)C(=O)Cc1c(F)cccc1Cl. The molecule has 29 heavy (non-hydrogen) atoms. The number of rotatable bonds is 6. The zero-order valence-corrected chi connectivity index (χ0v) is 19.3. The first-order valence-electron chi connectivity index (χ1n) is 9.27. The van der Waals surface area contributed by atoms with Crippen LogP contribution in [0.25, 0.3) is 0 Å². The molecule has 2 amide bonds. The molecule has 0 aliphatic heterocycles. The number of carbonyl (C=O) groups excluding carboxylic acids is 2. The van der Waals surface area contributed by atoms with Crippen molar-refractivity contribution in [2.24, 2.45) is 0 Å². The van der Waals surface area contributed by atoms with Crippen LogP contribution in [0.2, 0.25) is 5.02 Å². The summed E-state index contributed by atoms with van der Waals surface area (Å²) in [5, 5.41) is 3.08. The van der Waals surface area contributed by atoms with Gasteiger partial charge >= 0.3 is 0 Å². The summed E-state index contributed by atoms with van der Waals surface area (Å²) in [6.45, 7) is 7.50. The summed E-state index contributed by atoms with van der Waals surface area (Å²) < 4.78 is 15.1. The van der Waals surface area contributed by atoms with E-state index in [0.717, 1.165) is 10.0 Å². The van der Waals surface area contributed by atoms with Gasteiger partial charge in [0, 0.05) is 27.1 Å². The first kappa shape index (κ1) is 23.4. The summed E-state index contributed by atoms with van der Waals surface area (Å²) in [6, 6.07) is 11.0. The molecule has 0 aliphatic rings. The lowest BCUT2D eigenvalue weighted by atomic mass is 10.1. The predicted molar refractivity (Wildman–Crippen MR) is 117 cm³/mol. The molecule has 2 aromatic rings. The minimum Gasteiger partial charge on any atom is -0.350 e. The van der Waals surface area contributed by atoms with Crippen LogP contribution in [0.1, 0.15) is 38.8 Å². The van der Waals surface area contributed by atoms with E-state index in [1.54, 1.807) is 13.0 Å². The van der Waals surface area contributed by atoms with Crippen LogP contribution in [0, 0.1) is 5.82 Å². The van der Waals surface area contributed by atoms with Gasteiger partial charge in [0.2, 0.25) is 11.8 Å². The molecule has 2 aromatic carbocycles. The topological polar surface area (TPSA) is 49.4 Å². The fourth-order valence-corrected chi connectivity index (χ4v) is 3.29. The van der Waals surface area contributed by atoms with Crippen molar-refractivity contribution in [1.82, 2.24) is 10.2 Å². The monoisotopic (exact) mass is 482 g/mol. The van der Waals surface area contributed by atoms with Crippen LogP contribution < -0.4 is 5.32 Å². The van der Waals surface area contributed by atoms with Crippen LogP contribution in [0.3, 0.4) is 0 Å². The van der Waals surface area contributed by atoms with Crippen LogP contribution in [0.5, 0.6) is 0 Å². The highest BCUT2D eigenvalue weighted by Crippen LogP contribution is 2.22. The molecule has 4 nitrogen and oxygen atoms in total. The maximum atomic E-state index is 14.2. The smallest absolute Gasteiger partial charge is 0.242 e. The quantitative estimate of drug-likeness (QED) is 0.620. The van der Waals surface area contributed by atoms with Crippen molar-refractivity contribution in [1.29, 1.82) is 0 Å². The first-order chi connectivity index (χ1) is 13.5. The Kier molecular flexibility index (Phi) is 7.83. The molecule has 1 N–H and O–H groups in total. The van der Waals surface area contributed by atoms with Gasteiger partial charge in [0.1, 0.15) is 11.9 Å². The molecule has 0 radical (unpaired) electrons. The minimum absolute atomic E-state index is 0.128. The van der Waals surface area contributed by atoms with E-state index >= 15 is 0 Å². The molecule has 2 rings (SSSR count). The van der Waals surface area contributed by atoms with E-state index in [-0.39, 0.29) is 35.4 Å². The molecule has 0 fully saturated rings. The number of carbonyl (C=O) groups is 2. The van der Waals surface area contributed by atoms with E-state index < -0.39 is 17.4 Å². The lowest BCUT2D eigenvalue weighted by Crippen LogP contribution is -2.52. The van der Waals surface area contributed by atoms with E-state index in [2.05, 4.69) is 21.2 Å². The highest BCUT2D eigenvalue weighted by atomic mass is 79.9. The van der Waals surface area contributed by atoms with Gasteiger partial charge in [-0.25, -0.2) is 4.39 Å². The standard InChI is InChI=1S/C22H25BrClFN2O2/c1-14(21(29)26-22(2,3)4)27(13-15-8-10-16(23)11-9-15)20(28)12-17-18(24)6-5-7-19(17)25/h5-11,14H,12-13H2,1-4H3,(H,26,29)/t14-/m1/s1. The van der Waals surface area contributed by atoms with Gasteiger partial charge in [-0.1, -0.05) is 45.7 Å². The number of nitrogens with zero attached hydrogens (tertiary/aromatic N) is 1. The van der Waals surface area contributed by atoms with E-state index in [0.29, 0.717) is 0 Å². The largest absolute Gasteiger partial charge is 0.350 e. The highest BCUT2D eigenvalue weighted by Gasteiger charge is 2.29. The molecule has 0 aliphatic carbocycles. The Morgan fingerprint density at radius 3 is 2.34 bits per heavy atom. The van der Waals surface area contributed by atoms with Gasteiger partial charge in [-0.15, -0.1) is 0 Å². The highest BCUT2D eigenvalue weighted by molar-refractivity contribution is 9.10. The van der Waals surface area contributed by atoms with Gasteiger partial charge in [0.05, 0.1) is 6.42 Å². The molecular formula is C22H25BrClFN2O2. The van der Waals surface area contributed by atoms with Crippen molar-refractivity contribution in [2.45, 2.75) is 52.2 Å². The zero-order valence-electron chi connectivity index (χ0n) is 16.9. The molecule has 0 aromatic heterocycles. The molecule has 0 spiro atoms. The predicted octanol–water partition coefficient (Wildman–Crippen LogP) is 5.12. The average Bonchev–Trinajstić information content (AvgIpc) is 2.62. The van der Waals surface area contributed by atoms with Crippen molar-refractivity contribution >= 4 is 39.3 Å². The third kappa shape index (κ3) is 6.82. The maximum Gasteiger partial charge on any atom is 0.242 e. The number of amides is 2. The van der Waals surface area contributed by atoms with Crippen LogP contribution >= 0.6 is 27.5 Å². The van der Waals surface area contributed by atoms with Gasteiger partial charge in [-0.2, -0.15) is 0 Å². The van der Waals surface area contributed by atoms with Crippen LogP contribution in [-0.2, 0) is 22.6 Å². The van der Waals surface area contributed by atoms with Crippen molar-refractivity contribution in [3.05, 3.63) is 68.9 Å². The van der Waals surface area contributed by atoms with Gasteiger partial charge < -0.3 is 10.2 Å². The number of hydrogen-bond acceptors (Lipinski definition) is 2. The molecule has 0 saturated carbocycles. The van der Waals surface area contributed by atoms with Gasteiger partial charge in [0.25, 0.3) is 0 Å². The van der Waals surface area contributed by atoms with Gasteiger partial charge in [0.15, 0.2) is 0 Å². The zero-order chi connectivity index (χ0) is 21.8. The summed E-state index contributed by atoms with van der Waals surface area (Å²) >= 11 is 9.47. The number of hydrogen-bond donors (Lipinski definition) is 1. The summed E-state index contributed by atoms with van der Waals surface area (Å²) in [4.78, 5) is 27.3. The molecule has 156 valence electrons. The fraction of sp³-hybridized carbons (Fsp3) is 0.364. The van der Waals surface area contributed by atoms with Crippen molar-refractivity contribution < 1.29 is 14.0 Å². The van der Waals surface area contributed by atoms with E-state index in [1.165, 1.54) is 17.0 Å². The lowest BCUT2D eigenvalue weighted by molar-refractivity contribution is -0.140. The van der Waals surface area contributed by atoms with Crippen LogP contribution in [0.4, 0.5) is 4.39 Å². The Balaban J connectivity index is 2.30. The Morgan fingerprint density at radius 1 is 1.17 bits per heavy atom. The van der Waals surface area contributed by atoms with Crippen molar-refractivity contribution in [3.63, 3.8) is 0 Å². The van der Waals surface area contributed by atoms with Crippen molar-refractivity contribution in [2.75, 3.05) is 0 Å². The van der Waals surface area contributed by atoms with Gasteiger partial charge in [-0.05, 0) is 57.5 Å². The van der Waals surface area contributed by atoms with E-state index in [9.17, 15) is 14.0 Å². The fourth-order valence-electron chi connectivity index (χ4n) is 2.80. The lowest BCUT2D eigenvalue weighted by Gasteiger charge is -2.31. The van der Waals surface area contributed by atoms with Crippen LogP contribution in [0.15, 0.2) is 46.9 Å². The Hall–Kier alpha value is -1.92. The maximum absolute atomic E-state index is 14.2. The van der Waals surface area contributed by atoms with E-state index in [1.807, 2.05) is 45.0 Å². The molecule has 0 unspecified atom stereocenters. The Morgan fingerprint density at radius 2 is 1.79 bits per heavy atom. The second kappa shape index (κ2) is 9.72. The third-order valence-electron chi connectivity index (χ3n) is 4.32. The Bertz CT molecular complexity index is 861. The summed E-state index contributed by atoms with van der Waals surface area (Å²) in [5.74, 6) is -1.19. The first-order valence-corrected chi connectivity index (χ1v) is 10.4. The second-order valence-electron chi connectivity index (χ2n) is 7.94. The van der Waals surface area contributed by atoms with Crippen LogP contribution in [-0.4, -0.2) is 28.3 Å². The molecule has 0 bridgehead atoms. The molecule has 7 heteroatoms. The Labute approximate surface area is 184 Å². The molecule has 0 saturated heterocycles. The van der Waals surface area contributed by atoms with Gasteiger partial charge in [-0.3, -0.25) is 9.59 Å². The number of benzene rings is 2. The van der Waals surface area contributed by atoms with E-state index in [4.69, 9.17) is 11.6 Å².